The van der Waals surface area contributed by atoms with Crippen molar-refractivity contribution >= 4 is 32.5 Å². The van der Waals surface area contributed by atoms with E-state index in [0.717, 1.165) is 5.52 Å². The second kappa shape index (κ2) is 5.36. The predicted octanol–water partition coefficient (Wildman–Crippen LogP) is 5.31. The van der Waals surface area contributed by atoms with Crippen molar-refractivity contribution in [2.24, 2.45) is 0 Å². The van der Waals surface area contributed by atoms with Crippen LogP contribution in [-0.4, -0.2) is 12.0 Å². The van der Waals surface area contributed by atoms with E-state index in [9.17, 15) is 0 Å². The van der Waals surface area contributed by atoms with Gasteiger partial charge in [-0.25, -0.2) is 0 Å². The van der Waals surface area contributed by atoms with Gasteiger partial charge in [0.1, 0.15) is 0 Å². The maximum absolute atomic E-state index is 4.97. The molecule has 1 fully saturated rings. The summed E-state index contributed by atoms with van der Waals surface area (Å²) in [5.41, 5.74) is 6.12. The smallest absolute Gasteiger partial charge is 0.0732 e. The molecule has 1 aromatic heterocycles. The summed E-state index contributed by atoms with van der Waals surface area (Å²) in [4.78, 5) is 4.97. The van der Waals surface area contributed by atoms with Gasteiger partial charge in [-0.3, -0.25) is 4.98 Å². The number of aromatic nitrogens is 1. The summed E-state index contributed by atoms with van der Waals surface area (Å²) in [6.45, 7) is 4.30. The van der Waals surface area contributed by atoms with Gasteiger partial charge in [0, 0.05) is 34.2 Å². The lowest BCUT2D eigenvalue weighted by molar-refractivity contribution is 0.701. The lowest BCUT2D eigenvalue weighted by atomic mass is 9.98. The second-order valence-corrected chi connectivity index (χ2v) is 6.65. The first-order valence-electron chi connectivity index (χ1n) is 7.40. The zero-order chi connectivity index (χ0) is 14.3. The van der Waals surface area contributed by atoms with Gasteiger partial charge in [-0.1, -0.05) is 28.8 Å². The molecule has 0 radical (unpaired) electrons. The molecular formula is C17H21BrN2. The summed E-state index contributed by atoms with van der Waals surface area (Å²) in [5, 5.41) is 4.60. The van der Waals surface area contributed by atoms with Crippen LogP contribution in [-0.2, 0) is 0 Å². The summed E-state index contributed by atoms with van der Waals surface area (Å²) in [6.07, 6.45) is 5.27. The van der Waals surface area contributed by atoms with E-state index in [0.29, 0.717) is 5.92 Å². The van der Waals surface area contributed by atoms with Crippen molar-refractivity contribution in [1.82, 2.24) is 4.98 Å². The normalized spacial score (nSPS) is 16.0. The fourth-order valence-corrected chi connectivity index (χ4v) is 3.70. The standard InChI is InChI=1S/C17H21BrN2/c1-10-8-15-16(11(2)17(10)18)14(19-3)9-13(20-15)12-6-4-5-7-12/h8-9,12H,4-7H2,1-3H3,(H,19,20). The minimum atomic E-state index is 0.649. The maximum Gasteiger partial charge on any atom is 0.0732 e. The molecule has 1 N–H and O–H groups in total. The molecule has 2 nitrogen and oxygen atoms in total. The molecule has 0 atom stereocenters. The Kier molecular flexibility index (Phi) is 3.72. The van der Waals surface area contributed by atoms with E-state index in [1.807, 2.05) is 7.05 Å². The van der Waals surface area contributed by atoms with E-state index in [1.54, 1.807) is 0 Å². The van der Waals surface area contributed by atoms with Crippen LogP contribution >= 0.6 is 15.9 Å². The van der Waals surface area contributed by atoms with E-state index in [1.165, 1.54) is 58.1 Å². The Bertz CT molecular complexity index is 658. The van der Waals surface area contributed by atoms with Gasteiger partial charge in [0.25, 0.3) is 0 Å². The van der Waals surface area contributed by atoms with E-state index < -0.39 is 0 Å². The van der Waals surface area contributed by atoms with E-state index in [-0.39, 0.29) is 0 Å². The first kappa shape index (κ1) is 13.9. The Morgan fingerprint density at radius 1 is 1.20 bits per heavy atom. The van der Waals surface area contributed by atoms with Gasteiger partial charge in [0.2, 0.25) is 0 Å². The number of hydrogen-bond acceptors (Lipinski definition) is 2. The molecule has 0 saturated heterocycles. The molecule has 0 spiro atoms. The van der Waals surface area contributed by atoms with Crippen LogP contribution in [0.2, 0.25) is 0 Å². The number of anilines is 1. The van der Waals surface area contributed by atoms with E-state index >= 15 is 0 Å². The quantitative estimate of drug-likeness (QED) is 0.805. The Morgan fingerprint density at radius 2 is 1.90 bits per heavy atom. The highest BCUT2D eigenvalue weighted by atomic mass is 79.9. The fourth-order valence-electron chi connectivity index (χ4n) is 3.39. The third-order valence-electron chi connectivity index (χ3n) is 4.51. The fraction of sp³-hybridized carbons (Fsp3) is 0.471. The van der Waals surface area contributed by atoms with Crippen molar-refractivity contribution in [2.45, 2.75) is 45.4 Å². The minimum Gasteiger partial charge on any atom is -0.388 e. The van der Waals surface area contributed by atoms with Crippen LogP contribution in [0.25, 0.3) is 10.9 Å². The zero-order valence-electron chi connectivity index (χ0n) is 12.4. The number of fused-ring (bicyclic) bond motifs is 1. The average molecular weight is 333 g/mol. The number of pyridine rings is 1. The zero-order valence-corrected chi connectivity index (χ0v) is 14.0. The lowest BCUT2D eigenvalue weighted by Gasteiger charge is -2.16. The number of nitrogens with one attached hydrogen (secondary N) is 1. The van der Waals surface area contributed by atoms with Crippen LogP contribution in [0.5, 0.6) is 0 Å². The number of hydrogen-bond donors (Lipinski definition) is 1. The molecule has 1 aliphatic carbocycles. The number of halogens is 1. The summed E-state index contributed by atoms with van der Waals surface area (Å²) >= 11 is 3.69. The van der Waals surface area contributed by atoms with Crippen molar-refractivity contribution in [1.29, 1.82) is 0 Å². The summed E-state index contributed by atoms with van der Waals surface area (Å²) < 4.78 is 1.19. The van der Waals surface area contributed by atoms with Gasteiger partial charge < -0.3 is 5.32 Å². The third-order valence-corrected chi connectivity index (χ3v) is 5.73. The Morgan fingerprint density at radius 3 is 2.55 bits per heavy atom. The molecule has 1 saturated carbocycles. The van der Waals surface area contributed by atoms with Crippen molar-refractivity contribution in [3.8, 4) is 0 Å². The molecule has 3 rings (SSSR count). The average Bonchev–Trinajstić information content (AvgIpc) is 2.97. The van der Waals surface area contributed by atoms with Gasteiger partial charge in [-0.15, -0.1) is 0 Å². The van der Waals surface area contributed by atoms with Crippen molar-refractivity contribution in [3.63, 3.8) is 0 Å². The maximum atomic E-state index is 4.97. The van der Waals surface area contributed by atoms with Gasteiger partial charge in [-0.05, 0) is 49.9 Å². The predicted molar refractivity (Wildman–Crippen MR) is 89.7 cm³/mol. The summed E-state index contributed by atoms with van der Waals surface area (Å²) in [5.74, 6) is 0.649. The Hall–Kier alpha value is -1.09. The van der Waals surface area contributed by atoms with Gasteiger partial charge >= 0.3 is 0 Å². The molecule has 106 valence electrons. The highest BCUT2D eigenvalue weighted by molar-refractivity contribution is 9.10. The second-order valence-electron chi connectivity index (χ2n) is 5.85. The van der Waals surface area contributed by atoms with Gasteiger partial charge in [0.05, 0.1) is 5.52 Å². The van der Waals surface area contributed by atoms with Gasteiger partial charge in [0.15, 0.2) is 0 Å². The molecule has 0 bridgehead atoms. The van der Waals surface area contributed by atoms with Crippen LogP contribution in [0.4, 0.5) is 5.69 Å². The molecule has 1 aliphatic rings. The molecule has 3 heteroatoms. The van der Waals surface area contributed by atoms with Gasteiger partial charge in [-0.2, -0.15) is 0 Å². The van der Waals surface area contributed by atoms with Crippen LogP contribution in [0.15, 0.2) is 16.6 Å². The van der Waals surface area contributed by atoms with E-state index in [2.05, 4.69) is 47.2 Å². The van der Waals surface area contributed by atoms with Crippen molar-refractivity contribution in [2.75, 3.05) is 12.4 Å². The number of nitrogens with zero attached hydrogens (tertiary/aromatic N) is 1. The molecule has 0 amide bonds. The van der Waals surface area contributed by atoms with Crippen molar-refractivity contribution in [3.05, 3.63) is 33.4 Å². The lowest BCUT2D eigenvalue weighted by Crippen LogP contribution is -2.02. The molecule has 0 unspecified atom stereocenters. The largest absolute Gasteiger partial charge is 0.388 e. The molecule has 1 heterocycles. The number of aryl methyl sites for hydroxylation is 2. The monoisotopic (exact) mass is 332 g/mol. The van der Waals surface area contributed by atoms with Crippen LogP contribution in [0.3, 0.4) is 0 Å². The van der Waals surface area contributed by atoms with Crippen LogP contribution in [0, 0.1) is 13.8 Å². The minimum absolute atomic E-state index is 0.649. The topological polar surface area (TPSA) is 24.9 Å². The highest BCUT2D eigenvalue weighted by Gasteiger charge is 2.20. The molecule has 20 heavy (non-hydrogen) atoms. The molecule has 0 aliphatic heterocycles. The molecular weight excluding hydrogens is 312 g/mol. The molecule has 2 aromatic rings. The SMILES string of the molecule is CNc1cc(C2CCCC2)nc2cc(C)c(Br)c(C)c12. The first-order valence-corrected chi connectivity index (χ1v) is 8.19. The van der Waals surface area contributed by atoms with E-state index in [4.69, 9.17) is 4.98 Å². The van der Waals surface area contributed by atoms with Crippen LogP contribution in [0.1, 0.15) is 48.4 Å². The number of benzene rings is 1. The van der Waals surface area contributed by atoms with Crippen molar-refractivity contribution < 1.29 is 0 Å². The number of rotatable bonds is 2. The van der Waals surface area contributed by atoms with Crippen LogP contribution < -0.4 is 5.32 Å². The highest BCUT2D eigenvalue weighted by Crippen LogP contribution is 2.38. The first-order chi connectivity index (χ1) is 9.61. The Balaban J connectivity index is 2.25. The molecule has 1 aromatic carbocycles. The third kappa shape index (κ3) is 2.22. The summed E-state index contributed by atoms with van der Waals surface area (Å²) in [7, 11) is 2.00. The Labute approximate surface area is 129 Å². The summed E-state index contributed by atoms with van der Waals surface area (Å²) in [6, 6.07) is 4.46.